The standard InChI is InChI=1S/C12H13NOS2/c1-3-15-10-6-4-9(5-7-10)11-8-16-12(13-11)14-2/h4-8H,3H2,1-2H3. The highest BCUT2D eigenvalue weighted by atomic mass is 32.2. The average molecular weight is 251 g/mol. The fraction of sp³-hybridized carbons (Fsp3) is 0.250. The second-order valence-electron chi connectivity index (χ2n) is 3.16. The summed E-state index contributed by atoms with van der Waals surface area (Å²) in [7, 11) is 1.64. The Labute approximate surface area is 104 Å². The number of rotatable bonds is 4. The molecule has 2 aromatic rings. The molecule has 0 fully saturated rings. The molecule has 1 aromatic carbocycles. The monoisotopic (exact) mass is 251 g/mol. The number of nitrogens with zero attached hydrogens (tertiary/aromatic N) is 1. The molecule has 0 radical (unpaired) electrons. The maximum atomic E-state index is 5.08. The second kappa shape index (κ2) is 5.37. The summed E-state index contributed by atoms with van der Waals surface area (Å²) in [6.07, 6.45) is 0. The summed E-state index contributed by atoms with van der Waals surface area (Å²) in [6.45, 7) is 2.16. The van der Waals surface area contributed by atoms with E-state index in [0.29, 0.717) is 5.19 Å². The van der Waals surface area contributed by atoms with Crippen LogP contribution in [-0.4, -0.2) is 17.8 Å². The van der Waals surface area contributed by atoms with E-state index in [4.69, 9.17) is 4.74 Å². The molecule has 0 saturated carbocycles. The molecular weight excluding hydrogens is 238 g/mol. The quantitative estimate of drug-likeness (QED) is 0.769. The number of ether oxygens (including phenoxy) is 1. The highest BCUT2D eigenvalue weighted by Crippen LogP contribution is 2.27. The highest BCUT2D eigenvalue weighted by molar-refractivity contribution is 7.99. The van der Waals surface area contributed by atoms with E-state index >= 15 is 0 Å². The van der Waals surface area contributed by atoms with E-state index in [2.05, 4.69) is 36.2 Å². The van der Waals surface area contributed by atoms with Gasteiger partial charge in [0.1, 0.15) is 0 Å². The third kappa shape index (κ3) is 2.57. The summed E-state index contributed by atoms with van der Waals surface area (Å²) in [6, 6.07) is 8.48. The van der Waals surface area contributed by atoms with Crippen LogP contribution in [0.3, 0.4) is 0 Å². The molecule has 0 aliphatic heterocycles. The predicted octanol–water partition coefficient (Wildman–Crippen LogP) is 3.93. The van der Waals surface area contributed by atoms with Gasteiger partial charge >= 0.3 is 0 Å². The van der Waals surface area contributed by atoms with E-state index in [0.717, 1.165) is 17.0 Å². The van der Waals surface area contributed by atoms with E-state index in [1.165, 1.54) is 16.2 Å². The number of benzene rings is 1. The van der Waals surface area contributed by atoms with Gasteiger partial charge in [-0.15, -0.1) is 11.8 Å². The smallest absolute Gasteiger partial charge is 0.273 e. The highest BCUT2D eigenvalue weighted by Gasteiger charge is 2.04. The Balaban J connectivity index is 2.20. The van der Waals surface area contributed by atoms with Crippen molar-refractivity contribution in [3.8, 4) is 16.5 Å². The average Bonchev–Trinajstić information content (AvgIpc) is 2.79. The molecule has 0 atom stereocenters. The van der Waals surface area contributed by atoms with Gasteiger partial charge in [-0.3, -0.25) is 0 Å². The van der Waals surface area contributed by atoms with Crippen molar-refractivity contribution in [2.24, 2.45) is 0 Å². The zero-order valence-electron chi connectivity index (χ0n) is 9.27. The molecule has 0 N–H and O–H groups in total. The zero-order valence-corrected chi connectivity index (χ0v) is 10.9. The largest absolute Gasteiger partial charge is 0.473 e. The minimum atomic E-state index is 0.710. The van der Waals surface area contributed by atoms with Crippen LogP contribution in [0.15, 0.2) is 34.5 Å². The van der Waals surface area contributed by atoms with Gasteiger partial charge in [-0.05, 0) is 17.9 Å². The van der Waals surface area contributed by atoms with Crippen molar-refractivity contribution < 1.29 is 4.74 Å². The third-order valence-electron chi connectivity index (χ3n) is 2.12. The Morgan fingerprint density at radius 3 is 2.62 bits per heavy atom. The Kier molecular flexibility index (Phi) is 3.85. The lowest BCUT2D eigenvalue weighted by molar-refractivity contribution is 0.412. The molecule has 4 heteroatoms. The van der Waals surface area contributed by atoms with Crippen LogP contribution in [0.5, 0.6) is 5.19 Å². The van der Waals surface area contributed by atoms with E-state index in [1.807, 2.05) is 17.1 Å². The van der Waals surface area contributed by atoms with Crippen molar-refractivity contribution >= 4 is 23.1 Å². The van der Waals surface area contributed by atoms with E-state index in [1.54, 1.807) is 7.11 Å². The van der Waals surface area contributed by atoms with Gasteiger partial charge in [0.05, 0.1) is 12.8 Å². The lowest BCUT2D eigenvalue weighted by atomic mass is 10.2. The Morgan fingerprint density at radius 2 is 2.06 bits per heavy atom. The SMILES string of the molecule is CCSc1ccc(-c2csc(OC)n2)cc1. The minimum Gasteiger partial charge on any atom is -0.473 e. The maximum absolute atomic E-state index is 5.08. The molecule has 2 nitrogen and oxygen atoms in total. The molecule has 0 amide bonds. The summed E-state index contributed by atoms with van der Waals surface area (Å²) in [5.74, 6) is 1.10. The van der Waals surface area contributed by atoms with Crippen LogP contribution in [0.2, 0.25) is 0 Å². The molecule has 1 heterocycles. The topological polar surface area (TPSA) is 22.1 Å². The molecule has 2 rings (SSSR count). The summed E-state index contributed by atoms with van der Waals surface area (Å²) in [4.78, 5) is 5.66. The van der Waals surface area contributed by atoms with Crippen molar-refractivity contribution in [3.63, 3.8) is 0 Å². The summed E-state index contributed by atoms with van der Waals surface area (Å²) >= 11 is 3.37. The number of thiazole rings is 1. The van der Waals surface area contributed by atoms with Crippen molar-refractivity contribution in [3.05, 3.63) is 29.6 Å². The molecule has 16 heavy (non-hydrogen) atoms. The van der Waals surface area contributed by atoms with Gasteiger partial charge in [-0.25, -0.2) is 4.98 Å². The van der Waals surface area contributed by atoms with Gasteiger partial charge in [0.25, 0.3) is 5.19 Å². The minimum absolute atomic E-state index is 0.710. The first kappa shape index (κ1) is 11.5. The van der Waals surface area contributed by atoms with Gasteiger partial charge in [0.15, 0.2) is 0 Å². The van der Waals surface area contributed by atoms with Gasteiger partial charge in [0, 0.05) is 15.8 Å². The maximum Gasteiger partial charge on any atom is 0.273 e. The molecule has 1 aromatic heterocycles. The fourth-order valence-corrected chi connectivity index (χ4v) is 2.68. The Hall–Kier alpha value is -1.00. The first-order valence-electron chi connectivity index (χ1n) is 5.06. The Morgan fingerprint density at radius 1 is 1.31 bits per heavy atom. The van der Waals surface area contributed by atoms with Gasteiger partial charge in [-0.2, -0.15) is 0 Å². The molecule has 0 saturated heterocycles. The number of hydrogen-bond acceptors (Lipinski definition) is 4. The van der Waals surface area contributed by atoms with E-state index in [9.17, 15) is 0 Å². The summed E-state index contributed by atoms with van der Waals surface area (Å²) < 4.78 is 5.08. The molecule has 0 aliphatic carbocycles. The number of hydrogen-bond donors (Lipinski definition) is 0. The van der Waals surface area contributed by atoms with Crippen LogP contribution in [0.25, 0.3) is 11.3 Å². The third-order valence-corrected chi connectivity index (χ3v) is 3.81. The summed E-state index contributed by atoms with van der Waals surface area (Å²) in [5, 5.41) is 2.72. The van der Waals surface area contributed by atoms with Crippen LogP contribution in [0.1, 0.15) is 6.92 Å². The van der Waals surface area contributed by atoms with Gasteiger partial charge in [0.2, 0.25) is 0 Å². The van der Waals surface area contributed by atoms with Gasteiger partial charge < -0.3 is 4.74 Å². The molecule has 0 unspecified atom stereocenters. The van der Waals surface area contributed by atoms with Crippen molar-refractivity contribution in [2.45, 2.75) is 11.8 Å². The zero-order chi connectivity index (χ0) is 11.4. The molecule has 0 aliphatic rings. The molecular formula is C12H13NOS2. The van der Waals surface area contributed by atoms with Crippen molar-refractivity contribution in [1.29, 1.82) is 0 Å². The van der Waals surface area contributed by atoms with Crippen LogP contribution in [0, 0.1) is 0 Å². The predicted molar refractivity (Wildman–Crippen MR) is 70.5 cm³/mol. The van der Waals surface area contributed by atoms with E-state index in [-0.39, 0.29) is 0 Å². The summed E-state index contributed by atoms with van der Waals surface area (Å²) in [5.41, 5.74) is 2.12. The van der Waals surface area contributed by atoms with Crippen LogP contribution in [0.4, 0.5) is 0 Å². The molecule has 0 bridgehead atoms. The lowest BCUT2D eigenvalue weighted by Crippen LogP contribution is -1.82. The van der Waals surface area contributed by atoms with Gasteiger partial charge in [-0.1, -0.05) is 30.4 Å². The second-order valence-corrected chi connectivity index (χ2v) is 5.32. The fourth-order valence-electron chi connectivity index (χ4n) is 1.37. The van der Waals surface area contributed by atoms with Crippen LogP contribution < -0.4 is 4.74 Å². The Bertz CT molecular complexity index is 450. The van der Waals surface area contributed by atoms with Crippen LogP contribution in [-0.2, 0) is 0 Å². The normalized spacial score (nSPS) is 10.4. The molecule has 0 spiro atoms. The van der Waals surface area contributed by atoms with Crippen LogP contribution >= 0.6 is 23.1 Å². The van der Waals surface area contributed by atoms with Crippen molar-refractivity contribution in [1.82, 2.24) is 4.98 Å². The number of aromatic nitrogens is 1. The van der Waals surface area contributed by atoms with E-state index < -0.39 is 0 Å². The number of methoxy groups -OCH3 is 1. The lowest BCUT2D eigenvalue weighted by Gasteiger charge is -2.00. The first-order valence-corrected chi connectivity index (χ1v) is 6.92. The van der Waals surface area contributed by atoms with Crippen molar-refractivity contribution in [2.75, 3.05) is 12.9 Å². The first-order chi connectivity index (χ1) is 7.83. The molecule has 84 valence electrons. The number of thioether (sulfide) groups is 1.